The fourth-order valence-corrected chi connectivity index (χ4v) is 7.69. The number of aromatic nitrogens is 2. The van der Waals surface area contributed by atoms with E-state index in [0.29, 0.717) is 0 Å². The van der Waals surface area contributed by atoms with Crippen molar-refractivity contribution < 1.29 is 0 Å². The minimum absolute atomic E-state index is 0.904. The van der Waals surface area contributed by atoms with Crippen molar-refractivity contribution in [3.8, 4) is 39.1 Å². The van der Waals surface area contributed by atoms with Crippen LogP contribution in [0.5, 0.6) is 0 Å². The lowest BCUT2D eigenvalue weighted by Crippen LogP contribution is -2.00. The molecule has 9 rings (SSSR count). The summed E-state index contributed by atoms with van der Waals surface area (Å²) in [5.41, 5.74) is 11.4. The molecule has 246 valence electrons. The third kappa shape index (κ3) is 5.33. The molecule has 0 saturated carbocycles. The molecule has 0 spiro atoms. The third-order valence-electron chi connectivity index (χ3n) is 10.1. The largest absolute Gasteiger partial charge is 0.292 e. The van der Waals surface area contributed by atoms with Crippen LogP contribution in [-0.4, -0.2) is 9.55 Å². The Balaban J connectivity index is 1.24. The van der Waals surface area contributed by atoms with Gasteiger partial charge in [-0.25, -0.2) is 4.98 Å². The lowest BCUT2D eigenvalue weighted by Gasteiger charge is -2.19. The normalized spacial score (nSPS) is 12.1. The van der Waals surface area contributed by atoms with Crippen LogP contribution in [0, 0.1) is 0 Å². The maximum absolute atomic E-state index is 5.05. The highest BCUT2D eigenvalue weighted by Gasteiger charge is 2.19. The number of fused-ring (bicyclic) bond motifs is 4. The zero-order valence-electron chi connectivity index (χ0n) is 29.0. The van der Waals surface area contributed by atoms with E-state index in [2.05, 4.69) is 181 Å². The van der Waals surface area contributed by atoms with Crippen molar-refractivity contribution in [3.05, 3.63) is 200 Å². The molecule has 1 aromatic heterocycles. The molecule has 0 aliphatic rings. The SMILES string of the molecule is C=C/C=C\C(=C/C)c1nc2ccccc2n1-c1ccc(-c2ccc3c(-c4ccc5ccccc5c4)c4ccccc4c(-c4ccccc4)c3c2)cc1. The van der Waals surface area contributed by atoms with Crippen LogP contribution in [0.1, 0.15) is 12.7 Å². The van der Waals surface area contributed by atoms with Crippen LogP contribution < -0.4 is 0 Å². The van der Waals surface area contributed by atoms with Crippen LogP contribution in [0.3, 0.4) is 0 Å². The zero-order valence-corrected chi connectivity index (χ0v) is 29.0. The summed E-state index contributed by atoms with van der Waals surface area (Å²) in [7, 11) is 0. The molecule has 0 radical (unpaired) electrons. The van der Waals surface area contributed by atoms with E-state index in [1.807, 2.05) is 19.1 Å². The Bertz CT molecular complexity index is 2850. The van der Waals surface area contributed by atoms with E-state index in [-0.39, 0.29) is 0 Å². The highest BCUT2D eigenvalue weighted by Crippen LogP contribution is 2.45. The van der Waals surface area contributed by atoms with Gasteiger partial charge in [-0.2, -0.15) is 0 Å². The van der Waals surface area contributed by atoms with Crippen LogP contribution in [0.25, 0.3) is 88.0 Å². The summed E-state index contributed by atoms with van der Waals surface area (Å²) < 4.78 is 2.25. The number of rotatable bonds is 7. The molecule has 0 fully saturated rings. The minimum atomic E-state index is 0.904. The lowest BCUT2D eigenvalue weighted by atomic mass is 9.84. The van der Waals surface area contributed by atoms with Crippen molar-refractivity contribution >= 4 is 48.9 Å². The van der Waals surface area contributed by atoms with Crippen molar-refractivity contribution in [2.75, 3.05) is 0 Å². The number of benzene rings is 8. The van der Waals surface area contributed by atoms with Crippen molar-refractivity contribution in [3.63, 3.8) is 0 Å². The molecule has 0 aliphatic heterocycles. The van der Waals surface area contributed by atoms with Gasteiger partial charge < -0.3 is 0 Å². The predicted octanol–water partition coefficient (Wildman–Crippen LogP) is 13.6. The summed E-state index contributed by atoms with van der Waals surface area (Å²) in [5, 5.41) is 7.49. The van der Waals surface area contributed by atoms with Crippen molar-refractivity contribution in [1.82, 2.24) is 9.55 Å². The Labute approximate surface area is 304 Å². The second-order valence-corrected chi connectivity index (χ2v) is 13.1. The Morgan fingerprint density at radius 3 is 1.94 bits per heavy atom. The van der Waals surface area contributed by atoms with Gasteiger partial charge in [-0.05, 0) is 109 Å². The molecule has 8 aromatic carbocycles. The molecule has 1 heterocycles. The summed E-state index contributed by atoms with van der Waals surface area (Å²) in [6, 6.07) is 59.4. The number of hydrogen-bond donors (Lipinski definition) is 0. The average Bonchev–Trinajstić information content (AvgIpc) is 3.59. The first-order valence-electron chi connectivity index (χ1n) is 17.8. The molecule has 0 N–H and O–H groups in total. The Hall–Kier alpha value is -6.77. The highest BCUT2D eigenvalue weighted by atomic mass is 15.1. The summed E-state index contributed by atoms with van der Waals surface area (Å²) in [4.78, 5) is 5.05. The monoisotopic (exact) mass is 664 g/mol. The number of allylic oxidation sites excluding steroid dienone is 5. The molecular formula is C50H36N2. The molecule has 9 aromatic rings. The topological polar surface area (TPSA) is 17.8 Å². The van der Waals surface area contributed by atoms with E-state index in [4.69, 9.17) is 4.98 Å². The molecule has 0 amide bonds. The first-order chi connectivity index (χ1) is 25.7. The van der Waals surface area contributed by atoms with Crippen LogP contribution in [-0.2, 0) is 0 Å². The maximum Gasteiger partial charge on any atom is 0.145 e. The smallest absolute Gasteiger partial charge is 0.145 e. The fraction of sp³-hybridized carbons (Fsp3) is 0.0200. The lowest BCUT2D eigenvalue weighted by molar-refractivity contribution is 1.06. The molecule has 0 atom stereocenters. The van der Waals surface area contributed by atoms with E-state index in [1.165, 1.54) is 60.1 Å². The van der Waals surface area contributed by atoms with E-state index in [0.717, 1.165) is 33.7 Å². The van der Waals surface area contributed by atoms with E-state index >= 15 is 0 Å². The number of nitrogens with zero attached hydrogens (tertiary/aromatic N) is 2. The summed E-state index contributed by atoms with van der Waals surface area (Å²) >= 11 is 0. The van der Waals surface area contributed by atoms with Crippen molar-refractivity contribution in [1.29, 1.82) is 0 Å². The van der Waals surface area contributed by atoms with Crippen LogP contribution >= 0.6 is 0 Å². The first-order valence-corrected chi connectivity index (χ1v) is 17.8. The van der Waals surface area contributed by atoms with E-state index in [9.17, 15) is 0 Å². The summed E-state index contributed by atoms with van der Waals surface area (Å²) in [6.07, 6.45) is 7.92. The van der Waals surface area contributed by atoms with Crippen LogP contribution in [0.2, 0.25) is 0 Å². The van der Waals surface area contributed by atoms with Crippen molar-refractivity contribution in [2.45, 2.75) is 6.92 Å². The van der Waals surface area contributed by atoms with Gasteiger partial charge >= 0.3 is 0 Å². The second-order valence-electron chi connectivity index (χ2n) is 13.1. The van der Waals surface area contributed by atoms with Gasteiger partial charge in [-0.1, -0.05) is 158 Å². The average molecular weight is 665 g/mol. The molecule has 0 aliphatic carbocycles. The van der Waals surface area contributed by atoms with Gasteiger partial charge in [0.05, 0.1) is 11.0 Å². The maximum atomic E-state index is 5.05. The first kappa shape index (κ1) is 31.2. The van der Waals surface area contributed by atoms with Gasteiger partial charge in [-0.15, -0.1) is 0 Å². The number of imidazole rings is 1. The number of hydrogen-bond acceptors (Lipinski definition) is 1. The van der Waals surface area contributed by atoms with E-state index < -0.39 is 0 Å². The zero-order chi connectivity index (χ0) is 35.0. The predicted molar refractivity (Wildman–Crippen MR) is 223 cm³/mol. The molecule has 0 unspecified atom stereocenters. The molecule has 2 heteroatoms. The van der Waals surface area contributed by atoms with Crippen LogP contribution in [0.4, 0.5) is 0 Å². The molecule has 52 heavy (non-hydrogen) atoms. The Kier molecular flexibility index (Phi) is 7.91. The van der Waals surface area contributed by atoms with Gasteiger partial charge in [0.15, 0.2) is 0 Å². The molecule has 0 saturated heterocycles. The standard InChI is InChI=1S/C50H36N2/c1-3-5-15-34(4-2)50-51-46-22-13-14-23-47(46)52(50)41-29-26-36(27-30-41)39-28-31-44-45(33-39)48(37-17-7-6-8-18-37)42-20-11-12-21-43(42)49(44)40-25-24-35-16-9-10-19-38(35)32-40/h3-33H,1H2,2H3/b15-5-,34-4+. The Morgan fingerprint density at radius 1 is 0.538 bits per heavy atom. The summed E-state index contributed by atoms with van der Waals surface area (Å²) in [5.74, 6) is 0.904. The van der Waals surface area contributed by atoms with Gasteiger partial charge in [0.1, 0.15) is 5.82 Å². The quantitative estimate of drug-likeness (QED) is 0.122. The van der Waals surface area contributed by atoms with Gasteiger partial charge in [0.2, 0.25) is 0 Å². The minimum Gasteiger partial charge on any atom is -0.292 e. The fourth-order valence-electron chi connectivity index (χ4n) is 7.69. The van der Waals surface area contributed by atoms with Crippen LogP contribution in [0.15, 0.2) is 195 Å². The second kappa shape index (κ2) is 13.2. The molecule has 0 bridgehead atoms. The van der Waals surface area contributed by atoms with Gasteiger partial charge in [0, 0.05) is 11.3 Å². The summed E-state index contributed by atoms with van der Waals surface area (Å²) in [6.45, 7) is 5.92. The third-order valence-corrected chi connectivity index (χ3v) is 10.1. The van der Waals surface area contributed by atoms with Gasteiger partial charge in [0.25, 0.3) is 0 Å². The number of para-hydroxylation sites is 2. The highest BCUT2D eigenvalue weighted by molar-refractivity contribution is 6.22. The molecule has 2 nitrogen and oxygen atoms in total. The van der Waals surface area contributed by atoms with E-state index in [1.54, 1.807) is 6.08 Å². The Morgan fingerprint density at radius 2 is 1.17 bits per heavy atom. The van der Waals surface area contributed by atoms with Gasteiger partial charge in [-0.3, -0.25) is 4.57 Å². The molecular weight excluding hydrogens is 629 g/mol. The van der Waals surface area contributed by atoms with Crippen molar-refractivity contribution in [2.24, 2.45) is 0 Å².